The predicted octanol–water partition coefficient (Wildman–Crippen LogP) is 3.34. The largest absolute Gasteiger partial charge is 0.379 e. The first kappa shape index (κ1) is 18.5. The van der Waals surface area contributed by atoms with Crippen LogP contribution < -0.4 is 5.32 Å². The van der Waals surface area contributed by atoms with Gasteiger partial charge < -0.3 is 10.1 Å². The Morgan fingerprint density at radius 2 is 1.54 bits per heavy atom. The lowest BCUT2D eigenvalue weighted by Gasteiger charge is -2.26. The first-order chi connectivity index (χ1) is 13.9. The van der Waals surface area contributed by atoms with E-state index >= 15 is 0 Å². The minimum absolute atomic E-state index is 0.635. The number of rotatable bonds is 7. The van der Waals surface area contributed by atoms with Crippen molar-refractivity contribution < 1.29 is 4.74 Å². The molecule has 1 fully saturated rings. The zero-order valence-corrected chi connectivity index (χ0v) is 15.9. The van der Waals surface area contributed by atoms with Crippen LogP contribution in [0, 0.1) is 0 Å². The lowest BCUT2D eigenvalue weighted by atomic mass is 10.1. The summed E-state index contributed by atoms with van der Waals surface area (Å²) >= 11 is 0. The Bertz CT molecular complexity index is 867. The molecule has 0 bridgehead atoms. The van der Waals surface area contributed by atoms with Crippen LogP contribution in [0.4, 0.5) is 5.82 Å². The summed E-state index contributed by atoms with van der Waals surface area (Å²) in [5.41, 5.74) is 2.76. The van der Waals surface area contributed by atoms with Gasteiger partial charge in [-0.05, 0) is 13.0 Å². The lowest BCUT2D eigenvalue weighted by molar-refractivity contribution is 0.0378. The van der Waals surface area contributed by atoms with Crippen LogP contribution in [0.3, 0.4) is 0 Å². The van der Waals surface area contributed by atoms with Crippen LogP contribution in [0.5, 0.6) is 0 Å². The van der Waals surface area contributed by atoms with E-state index in [1.165, 1.54) is 0 Å². The van der Waals surface area contributed by atoms with E-state index in [0.29, 0.717) is 5.82 Å². The van der Waals surface area contributed by atoms with Crippen molar-refractivity contribution in [3.05, 3.63) is 60.7 Å². The lowest BCUT2D eigenvalue weighted by Crippen LogP contribution is -2.37. The van der Waals surface area contributed by atoms with Crippen molar-refractivity contribution in [1.29, 1.82) is 0 Å². The molecular weight excluding hydrogens is 350 g/mol. The molecule has 6 heteroatoms. The minimum atomic E-state index is 0.635. The van der Waals surface area contributed by atoms with Gasteiger partial charge in [0.05, 0.1) is 13.2 Å². The molecule has 0 amide bonds. The van der Waals surface area contributed by atoms with Gasteiger partial charge in [0.15, 0.2) is 11.6 Å². The molecule has 4 rings (SSSR count). The van der Waals surface area contributed by atoms with Gasteiger partial charge in [0, 0.05) is 30.8 Å². The third-order valence-corrected chi connectivity index (χ3v) is 4.81. The number of hydrogen-bond acceptors (Lipinski definition) is 6. The maximum atomic E-state index is 5.41. The molecule has 0 spiro atoms. The highest BCUT2D eigenvalue weighted by atomic mass is 16.5. The zero-order valence-electron chi connectivity index (χ0n) is 15.9. The molecule has 1 saturated heterocycles. The topological polar surface area (TPSA) is 63.2 Å². The summed E-state index contributed by atoms with van der Waals surface area (Å²) in [6, 6.07) is 20.0. The highest BCUT2D eigenvalue weighted by Crippen LogP contribution is 2.25. The zero-order chi connectivity index (χ0) is 19.0. The maximum absolute atomic E-state index is 5.41. The highest BCUT2D eigenvalue weighted by Gasteiger charge is 2.13. The van der Waals surface area contributed by atoms with E-state index in [1.807, 2.05) is 60.7 Å². The Kier molecular flexibility index (Phi) is 6.22. The average Bonchev–Trinajstić information content (AvgIpc) is 2.78. The van der Waals surface area contributed by atoms with Crippen LogP contribution in [-0.4, -0.2) is 59.5 Å². The molecule has 2 heterocycles. The summed E-state index contributed by atoms with van der Waals surface area (Å²) in [5.74, 6) is 1.41. The standard InChI is InChI=1S/C22H25N5O/c1-3-8-18(9-4-1)20-22(23-12-7-13-27-14-16-28-17-15-27)24-21(26-25-20)19-10-5-2-6-11-19/h1-6,8-11H,7,12-17H2,(H,23,24,26). The molecule has 2 aromatic carbocycles. The van der Waals surface area contributed by atoms with Crippen molar-refractivity contribution in [2.45, 2.75) is 6.42 Å². The number of aromatic nitrogens is 3. The van der Waals surface area contributed by atoms with Crippen LogP contribution in [0.25, 0.3) is 22.6 Å². The summed E-state index contributed by atoms with van der Waals surface area (Å²) in [5, 5.41) is 12.3. The molecule has 1 N–H and O–H groups in total. The highest BCUT2D eigenvalue weighted by molar-refractivity contribution is 5.72. The van der Waals surface area contributed by atoms with E-state index in [1.54, 1.807) is 0 Å². The van der Waals surface area contributed by atoms with Crippen molar-refractivity contribution in [3.63, 3.8) is 0 Å². The van der Waals surface area contributed by atoms with Crippen LogP contribution in [-0.2, 0) is 4.74 Å². The third kappa shape index (κ3) is 4.71. The van der Waals surface area contributed by atoms with Crippen molar-refractivity contribution in [3.8, 4) is 22.6 Å². The number of benzene rings is 2. The van der Waals surface area contributed by atoms with E-state index in [4.69, 9.17) is 9.72 Å². The van der Waals surface area contributed by atoms with Gasteiger partial charge in [-0.1, -0.05) is 60.7 Å². The number of morpholine rings is 1. The van der Waals surface area contributed by atoms with E-state index < -0.39 is 0 Å². The monoisotopic (exact) mass is 375 g/mol. The first-order valence-corrected chi connectivity index (χ1v) is 9.80. The predicted molar refractivity (Wildman–Crippen MR) is 111 cm³/mol. The molecule has 144 valence electrons. The first-order valence-electron chi connectivity index (χ1n) is 9.80. The summed E-state index contributed by atoms with van der Waals surface area (Å²) in [7, 11) is 0. The quantitative estimate of drug-likeness (QED) is 0.639. The molecule has 6 nitrogen and oxygen atoms in total. The second-order valence-corrected chi connectivity index (χ2v) is 6.80. The molecule has 28 heavy (non-hydrogen) atoms. The van der Waals surface area contributed by atoms with Gasteiger partial charge in [-0.15, -0.1) is 10.2 Å². The Balaban J connectivity index is 1.50. The smallest absolute Gasteiger partial charge is 0.183 e. The van der Waals surface area contributed by atoms with E-state index in [-0.39, 0.29) is 0 Å². The Hall–Kier alpha value is -2.83. The van der Waals surface area contributed by atoms with Gasteiger partial charge in [-0.3, -0.25) is 4.90 Å². The van der Waals surface area contributed by atoms with Crippen molar-refractivity contribution in [2.24, 2.45) is 0 Å². The SMILES string of the molecule is c1ccc(-c2nnc(-c3ccccc3)c(NCCCN3CCOCC3)n2)cc1. The number of nitrogens with one attached hydrogen (secondary N) is 1. The van der Waals surface area contributed by atoms with Crippen LogP contribution in [0.2, 0.25) is 0 Å². The summed E-state index contributed by atoms with van der Waals surface area (Å²) in [4.78, 5) is 7.23. The third-order valence-electron chi connectivity index (χ3n) is 4.81. The van der Waals surface area contributed by atoms with Crippen molar-refractivity contribution >= 4 is 5.82 Å². The minimum Gasteiger partial charge on any atom is -0.379 e. The Morgan fingerprint density at radius 3 is 2.25 bits per heavy atom. The molecule has 0 saturated carbocycles. The van der Waals surface area contributed by atoms with Crippen LogP contribution >= 0.6 is 0 Å². The van der Waals surface area contributed by atoms with Gasteiger partial charge in [0.25, 0.3) is 0 Å². The molecule has 1 aliphatic heterocycles. The van der Waals surface area contributed by atoms with E-state index in [2.05, 4.69) is 20.4 Å². The van der Waals surface area contributed by atoms with Gasteiger partial charge in [0.1, 0.15) is 5.69 Å². The average molecular weight is 375 g/mol. The fourth-order valence-corrected chi connectivity index (χ4v) is 3.28. The molecule has 1 aliphatic rings. The molecular formula is C22H25N5O. The van der Waals surface area contributed by atoms with Gasteiger partial charge in [-0.25, -0.2) is 4.98 Å². The fourth-order valence-electron chi connectivity index (χ4n) is 3.28. The van der Waals surface area contributed by atoms with Gasteiger partial charge >= 0.3 is 0 Å². The second kappa shape index (κ2) is 9.39. The summed E-state index contributed by atoms with van der Waals surface area (Å²) in [6.45, 7) is 5.60. The Morgan fingerprint density at radius 1 is 0.857 bits per heavy atom. The number of hydrogen-bond donors (Lipinski definition) is 1. The maximum Gasteiger partial charge on any atom is 0.183 e. The molecule has 1 aromatic heterocycles. The normalized spacial score (nSPS) is 14.7. The van der Waals surface area contributed by atoms with E-state index in [0.717, 1.165) is 68.5 Å². The number of anilines is 1. The molecule has 0 radical (unpaired) electrons. The summed E-state index contributed by atoms with van der Waals surface area (Å²) in [6.07, 6.45) is 1.04. The van der Waals surface area contributed by atoms with Gasteiger partial charge in [-0.2, -0.15) is 0 Å². The fraction of sp³-hybridized carbons (Fsp3) is 0.318. The molecule has 0 atom stereocenters. The van der Waals surface area contributed by atoms with Crippen LogP contribution in [0.1, 0.15) is 6.42 Å². The second-order valence-electron chi connectivity index (χ2n) is 6.80. The summed E-state index contributed by atoms with van der Waals surface area (Å²) < 4.78 is 5.41. The molecule has 0 unspecified atom stereocenters. The Labute approximate surface area is 165 Å². The number of ether oxygens (including phenoxy) is 1. The van der Waals surface area contributed by atoms with Gasteiger partial charge in [0.2, 0.25) is 0 Å². The van der Waals surface area contributed by atoms with Crippen molar-refractivity contribution in [1.82, 2.24) is 20.1 Å². The van der Waals surface area contributed by atoms with Crippen LogP contribution in [0.15, 0.2) is 60.7 Å². The van der Waals surface area contributed by atoms with Crippen molar-refractivity contribution in [2.75, 3.05) is 44.7 Å². The molecule has 3 aromatic rings. The number of nitrogens with zero attached hydrogens (tertiary/aromatic N) is 4. The molecule has 0 aliphatic carbocycles. The van der Waals surface area contributed by atoms with E-state index in [9.17, 15) is 0 Å².